The average Bonchev–Trinajstić information content (AvgIpc) is 2.49. The largest absolute Gasteiger partial charge is 0.496 e. The normalized spacial score (nSPS) is 10.1. The van der Waals surface area contributed by atoms with Crippen LogP contribution in [0, 0.1) is 16.3 Å². The lowest BCUT2D eigenvalue weighted by Crippen LogP contribution is -2.34. The Balaban J connectivity index is 2.11. The molecule has 0 aliphatic carbocycles. The lowest BCUT2D eigenvalue weighted by molar-refractivity contribution is 0.0974. The Labute approximate surface area is 152 Å². The lowest BCUT2D eigenvalue weighted by atomic mass is 10.1. The summed E-state index contributed by atoms with van der Waals surface area (Å²) in [7, 11) is 1.50. The number of halogens is 2. The van der Waals surface area contributed by atoms with Gasteiger partial charge < -0.3 is 10.1 Å². The molecule has 0 aromatic heterocycles. The maximum absolute atomic E-state index is 13.8. The van der Waals surface area contributed by atoms with Crippen molar-refractivity contribution in [2.75, 3.05) is 12.4 Å². The monoisotopic (exact) mass is 444 g/mol. The molecule has 0 saturated heterocycles. The molecule has 0 aliphatic rings. The zero-order valence-corrected chi connectivity index (χ0v) is 15.4. The summed E-state index contributed by atoms with van der Waals surface area (Å²) in [4.78, 5) is 12.3. The molecule has 0 bridgehead atoms. The van der Waals surface area contributed by atoms with Crippen LogP contribution in [0.5, 0.6) is 5.75 Å². The lowest BCUT2D eigenvalue weighted by Gasteiger charge is -2.13. The van der Waals surface area contributed by atoms with E-state index in [9.17, 15) is 9.18 Å². The number of nitrogens with one attached hydrogen (secondary N) is 2. The summed E-state index contributed by atoms with van der Waals surface area (Å²) >= 11 is 7.07. The minimum absolute atomic E-state index is 0.0127. The van der Waals surface area contributed by atoms with Gasteiger partial charge in [-0.3, -0.25) is 10.1 Å². The average molecular weight is 444 g/mol. The molecular weight excluding hydrogens is 430 g/mol. The van der Waals surface area contributed by atoms with Crippen molar-refractivity contribution in [3.8, 4) is 5.75 Å². The molecule has 0 saturated carbocycles. The number of benzene rings is 2. The van der Waals surface area contributed by atoms with Crippen LogP contribution >= 0.6 is 34.8 Å². The van der Waals surface area contributed by atoms with Gasteiger partial charge in [0.05, 0.1) is 18.4 Å². The van der Waals surface area contributed by atoms with E-state index >= 15 is 0 Å². The molecule has 2 N–H and O–H groups in total. The van der Waals surface area contributed by atoms with Gasteiger partial charge in [0.1, 0.15) is 11.6 Å². The first kappa shape index (κ1) is 17.6. The van der Waals surface area contributed by atoms with Crippen molar-refractivity contribution in [1.29, 1.82) is 0 Å². The van der Waals surface area contributed by atoms with Crippen LogP contribution in [0.15, 0.2) is 36.4 Å². The topological polar surface area (TPSA) is 50.4 Å². The Bertz CT molecular complexity index is 768. The summed E-state index contributed by atoms with van der Waals surface area (Å²) in [6.07, 6.45) is 0. The number of para-hydroxylation sites is 1. The van der Waals surface area contributed by atoms with Gasteiger partial charge in [-0.15, -0.1) is 0 Å². The molecule has 0 aliphatic heterocycles. The van der Waals surface area contributed by atoms with Crippen LogP contribution < -0.4 is 15.4 Å². The number of amides is 1. The highest BCUT2D eigenvalue weighted by molar-refractivity contribution is 14.1. The summed E-state index contributed by atoms with van der Waals surface area (Å²) in [6.45, 7) is 1.84. The summed E-state index contributed by atoms with van der Waals surface area (Å²) < 4.78 is 19.8. The molecule has 4 nitrogen and oxygen atoms in total. The standard InChI is InChI=1S/C16H14FIN2O2S/c1-9-4-3-5-11(14(9)22-2)15(21)20-16(23)19-13-7-6-10(18)8-12(13)17/h3-8H,1-2H3,(H2,19,20,21,23). The van der Waals surface area contributed by atoms with Crippen molar-refractivity contribution in [2.45, 2.75) is 6.92 Å². The molecule has 2 rings (SSSR count). The Morgan fingerprint density at radius 3 is 2.70 bits per heavy atom. The van der Waals surface area contributed by atoms with Gasteiger partial charge in [-0.1, -0.05) is 12.1 Å². The number of anilines is 1. The van der Waals surface area contributed by atoms with Crippen molar-refractivity contribution < 1.29 is 13.9 Å². The van der Waals surface area contributed by atoms with E-state index < -0.39 is 11.7 Å². The Morgan fingerprint density at radius 2 is 2.04 bits per heavy atom. The van der Waals surface area contributed by atoms with Crippen molar-refractivity contribution in [3.05, 3.63) is 56.9 Å². The second-order valence-electron chi connectivity index (χ2n) is 4.69. The SMILES string of the molecule is COc1c(C)cccc1C(=O)NC(=S)Nc1ccc(I)cc1F. The Morgan fingerprint density at radius 1 is 1.30 bits per heavy atom. The fraction of sp³-hybridized carbons (Fsp3) is 0.125. The van der Waals surface area contributed by atoms with Gasteiger partial charge in [0.25, 0.3) is 5.91 Å². The van der Waals surface area contributed by atoms with E-state index in [0.717, 1.165) is 9.13 Å². The van der Waals surface area contributed by atoms with E-state index in [1.165, 1.54) is 13.2 Å². The number of methoxy groups -OCH3 is 1. The molecule has 0 radical (unpaired) electrons. The Hall–Kier alpha value is -1.74. The smallest absolute Gasteiger partial charge is 0.261 e. The van der Waals surface area contributed by atoms with Crippen LogP contribution in [-0.2, 0) is 0 Å². The van der Waals surface area contributed by atoms with Gasteiger partial charge in [-0.05, 0) is 71.6 Å². The molecular formula is C16H14FIN2O2S. The molecule has 0 fully saturated rings. The number of thiocarbonyl (C=S) groups is 1. The van der Waals surface area contributed by atoms with Crippen LogP contribution in [0.1, 0.15) is 15.9 Å². The van der Waals surface area contributed by atoms with E-state index in [4.69, 9.17) is 17.0 Å². The molecule has 1 amide bonds. The number of carbonyl (C=O) groups excluding carboxylic acids is 1. The quantitative estimate of drug-likeness (QED) is 0.558. The highest BCUT2D eigenvalue weighted by Crippen LogP contribution is 2.23. The summed E-state index contributed by atoms with van der Waals surface area (Å²) in [5.41, 5.74) is 1.40. The van der Waals surface area contributed by atoms with E-state index in [1.807, 2.05) is 35.6 Å². The predicted molar refractivity (Wildman–Crippen MR) is 101 cm³/mol. The van der Waals surface area contributed by atoms with Crippen LogP contribution in [0.25, 0.3) is 0 Å². The first-order chi connectivity index (χ1) is 10.9. The van der Waals surface area contributed by atoms with Crippen molar-refractivity contribution >= 4 is 51.5 Å². The zero-order valence-electron chi connectivity index (χ0n) is 12.4. The number of ether oxygens (including phenoxy) is 1. The molecule has 0 heterocycles. The molecule has 2 aromatic carbocycles. The highest BCUT2D eigenvalue weighted by atomic mass is 127. The van der Waals surface area contributed by atoms with E-state index in [-0.39, 0.29) is 10.8 Å². The first-order valence-electron chi connectivity index (χ1n) is 6.63. The van der Waals surface area contributed by atoms with Crippen LogP contribution in [0.4, 0.5) is 10.1 Å². The Kier molecular flexibility index (Phi) is 5.89. The predicted octanol–water partition coefficient (Wildman–Crippen LogP) is 3.87. The van der Waals surface area contributed by atoms with E-state index in [0.29, 0.717) is 11.3 Å². The fourth-order valence-electron chi connectivity index (χ4n) is 2.02. The van der Waals surface area contributed by atoms with Crippen molar-refractivity contribution in [2.24, 2.45) is 0 Å². The number of hydrogen-bond donors (Lipinski definition) is 2. The minimum Gasteiger partial charge on any atom is -0.496 e. The molecule has 0 unspecified atom stereocenters. The third kappa shape index (κ3) is 4.38. The van der Waals surface area contributed by atoms with Gasteiger partial charge in [0, 0.05) is 3.57 Å². The van der Waals surface area contributed by atoms with Crippen LogP contribution in [0.2, 0.25) is 0 Å². The van der Waals surface area contributed by atoms with Crippen molar-refractivity contribution in [1.82, 2.24) is 5.32 Å². The minimum atomic E-state index is -0.443. The van der Waals surface area contributed by atoms with Crippen LogP contribution in [0.3, 0.4) is 0 Å². The van der Waals surface area contributed by atoms with Crippen molar-refractivity contribution in [3.63, 3.8) is 0 Å². The second kappa shape index (κ2) is 7.69. The van der Waals surface area contributed by atoms with Gasteiger partial charge in [-0.25, -0.2) is 4.39 Å². The molecule has 23 heavy (non-hydrogen) atoms. The van der Waals surface area contributed by atoms with Gasteiger partial charge in [-0.2, -0.15) is 0 Å². The number of aryl methyl sites for hydroxylation is 1. The summed E-state index contributed by atoms with van der Waals surface area (Å²) in [5, 5.41) is 5.20. The van der Waals surface area contributed by atoms with Gasteiger partial charge in [0.15, 0.2) is 5.11 Å². The summed E-state index contributed by atoms with van der Waals surface area (Å²) in [5.74, 6) is -0.385. The zero-order chi connectivity index (χ0) is 17.0. The highest BCUT2D eigenvalue weighted by Gasteiger charge is 2.15. The molecule has 7 heteroatoms. The van der Waals surface area contributed by atoms with Gasteiger partial charge in [0.2, 0.25) is 0 Å². The van der Waals surface area contributed by atoms with Crippen LogP contribution in [-0.4, -0.2) is 18.1 Å². The number of rotatable bonds is 3. The van der Waals surface area contributed by atoms with Gasteiger partial charge >= 0.3 is 0 Å². The summed E-state index contributed by atoms with van der Waals surface area (Å²) in [6, 6.07) is 9.89. The number of hydrogen-bond acceptors (Lipinski definition) is 3. The number of carbonyl (C=O) groups is 1. The van der Waals surface area contributed by atoms with E-state index in [2.05, 4.69) is 10.6 Å². The molecule has 0 atom stereocenters. The third-order valence-electron chi connectivity index (χ3n) is 3.07. The molecule has 120 valence electrons. The maximum Gasteiger partial charge on any atom is 0.261 e. The molecule has 0 spiro atoms. The molecule has 2 aromatic rings. The van der Waals surface area contributed by atoms with E-state index in [1.54, 1.807) is 24.3 Å². The third-order valence-corrected chi connectivity index (χ3v) is 3.94. The first-order valence-corrected chi connectivity index (χ1v) is 8.12. The maximum atomic E-state index is 13.8. The fourth-order valence-corrected chi connectivity index (χ4v) is 2.67. The second-order valence-corrected chi connectivity index (χ2v) is 6.34.